The Morgan fingerprint density at radius 2 is 1.53 bits per heavy atom. The van der Waals surface area contributed by atoms with Crippen molar-refractivity contribution in [1.82, 2.24) is 4.98 Å². The minimum Gasteiger partial charge on any atom is -0.478 e. The van der Waals surface area contributed by atoms with E-state index in [0.717, 1.165) is 27.9 Å². The zero-order valence-corrected chi connectivity index (χ0v) is 19.1. The first-order chi connectivity index (χ1) is 16.5. The molecule has 4 rings (SSSR count). The Kier molecular flexibility index (Phi) is 6.83. The maximum atomic E-state index is 11.1. The van der Waals surface area contributed by atoms with Crippen LogP contribution in [0.1, 0.15) is 50.6 Å². The number of aromatic carboxylic acids is 1. The highest BCUT2D eigenvalue weighted by molar-refractivity contribution is 6.01. The first-order valence-electron chi connectivity index (χ1n) is 11.1. The van der Waals surface area contributed by atoms with Gasteiger partial charge >= 0.3 is 5.97 Å². The lowest BCUT2D eigenvalue weighted by Gasteiger charge is -2.21. The number of benzene rings is 3. The lowest BCUT2D eigenvalue weighted by molar-refractivity contribution is 0.0697. The molecule has 5 heteroatoms. The van der Waals surface area contributed by atoms with Crippen LogP contribution in [0.2, 0.25) is 0 Å². The maximum Gasteiger partial charge on any atom is 0.335 e. The van der Waals surface area contributed by atoms with Crippen molar-refractivity contribution in [2.24, 2.45) is 5.16 Å². The Hall–Kier alpha value is -4.25. The molecule has 5 nitrogen and oxygen atoms in total. The van der Waals surface area contributed by atoms with Crippen LogP contribution in [0.3, 0.4) is 0 Å². The summed E-state index contributed by atoms with van der Waals surface area (Å²) >= 11 is 0. The molecule has 0 saturated heterocycles. The highest BCUT2D eigenvalue weighted by Crippen LogP contribution is 2.33. The first-order valence-corrected chi connectivity index (χ1v) is 11.1. The smallest absolute Gasteiger partial charge is 0.335 e. The van der Waals surface area contributed by atoms with E-state index in [9.17, 15) is 10.0 Å². The molecular weight excluding hydrogens is 424 g/mol. The van der Waals surface area contributed by atoms with Crippen molar-refractivity contribution < 1.29 is 15.1 Å². The topological polar surface area (TPSA) is 82.8 Å². The normalized spacial score (nSPS) is 12.4. The molecule has 0 spiro atoms. The van der Waals surface area contributed by atoms with E-state index in [1.807, 2.05) is 55.5 Å². The van der Waals surface area contributed by atoms with Gasteiger partial charge in [0, 0.05) is 29.8 Å². The average molecular weight is 451 g/mol. The van der Waals surface area contributed by atoms with Gasteiger partial charge in [0.15, 0.2) is 0 Å². The van der Waals surface area contributed by atoms with Crippen LogP contribution in [-0.4, -0.2) is 27.0 Å². The molecule has 1 aromatic heterocycles. The van der Waals surface area contributed by atoms with Crippen LogP contribution in [0.5, 0.6) is 0 Å². The van der Waals surface area contributed by atoms with Crippen LogP contribution in [0.15, 0.2) is 96.3 Å². The molecule has 1 atom stereocenters. The van der Waals surface area contributed by atoms with Gasteiger partial charge in [0.05, 0.1) is 11.3 Å². The molecule has 0 saturated carbocycles. The zero-order valence-electron chi connectivity index (χ0n) is 19.1. The van der Waals surface area contributed by atoms with Gasteiger partial charge in [-0.3, -0.25) is 4.98 Å². The summed E-state index contributed by atoms with van der Waals surface area (Å²) in [6.45, 7) is 4.01. The molecule has 0 fully saturated rings. The lowest BCUT2D eigenvalue weighted by Crippen LogP contribution is -2.12. The van der Waals surface area contributed by atoms with Crippen molar-refractivity contribution >= 4 is 11.7 Å². The molecule has 0 unspecified atom stereocenters. The summed E-state index contributed by atoms with van der Waals surface area (Å²) in [7, 11) is 0. The number of rotatable bonds is 7. The van der Waals surface area contributed by atoms with E-state index < -0.39 is 5.97 Å². The fourth-order valence-corrected chi connectivity index (χ4v) is 4.23. The predicted octanol–water partition coefficient (Wildman–Crippen LogP) is 6.46. The number of aromatic nitrogens is 1. The summed E-state index contributed by atoms with van der Waals surface area (Å²) in [6.07, 6.45) is 2.25. The van der Waals surface area contributed by atoms with E-state index in [2.05, 4.69) is 41.3 Å². The fourth-order valence-electron chi connectivity index (χ4n) is 4.23. The average Bonchev–Trinajstić information content (AvgIpc) is 2.86. The van der Waals surface area contributed by atoms with Gasteiger partial charge in [0.2, 0.25) is 0 Å². The Morgan fingerprint density at radius 1 is 0.882 bits per heavy atom. The summed E-state index contributed by atoms with van der Waals surface area (Å²) in [5, 5.41) is 22.6. The van der Waals surface area contributed by atoms with Crippen molar-refractivity contribution in [1.29, 1.82) is 0 Å². The van der Waals surface area contributed by atoms with E-state index in [-0.39, 0.29) is 11.5 Å². The minimum atomic E-state index is -0.936. The summed E-state index contributed by atoms with van der Waals surface area (Å²) in [6, 6.07) is 27.2. The molecule has 0 radical (unpaired) electrons. The molecule has 0 aliphatic carbocycles. The quantitative estimate of drug-likeness (QED) is 0.192. The van der Waals surface area contributed by atoms with Crippen LogP contribution in [-0.2, 0) is 0 Å². The molecule has 34 heavy (non-hydrogen) atoms. The second kappa shape index (κ2) is 10.1. The molecule has 170 valence electrons. The van der Waals surface area contributed by atoms with Crippen LogP contribution >= 0.6 is 0 Å². The largest absolute Gasteiger partial charge is 0.478 e. The molecule has 2 N–H and O–H groups in total. The number of carbonyl (C=O) groups is 1. The zero-order chi connectivity index (χ0) is 24.1. The van der Waals surface area contributed by atoms with E-state index in [4.69, 9.17) is 5.11 Å². The Balaban J connectivity index is 1.69. The molecule has 0 aliphatic heterocycles. The number of pyridine rings is 1. The highest BCUT2D eigenvalue weighted by atomic mass is 16.4. The van der Waals surface area contributed by atoms with E-state index in [1.165, 1.54) is 11.1 Å². The predicted molar refractivity (Wildman–Crippen MR) is 134 cm³/mol. The number of oxime groups is 1. The van der Waals surface area contributed by atoms with Gasteiger partial charge in [-0.2, -0.15) is 0 Å². The third-order valence-corrected chi connectivity index (χ3v) is 6.09. The number of carboxylic acid groups (broad SMARTS) is 1. The molecule has 1 heterocycles. The summed E-state index contributed by atoms with van der Waals surface area (Å²) in [5.74, 6) is -0.947. The van der Waals surface area contributed by atoms with Gasteiger partial charge in [0.1, 0.15) is 0 Å². The Morgan fingerprint density at radius 3 is 2.12 bits per heavy atom. The van der Waals surface area contributed by atoms with Crippen LogP contribution in [0.4, 0.5) is 0 Å². The van der Waals surface area contributed by atoms with Crippen LogP contribution in [0, 0.1) is 13.8 Å². The van der Waals surface area contributed by atoms with Crippen molar-refractivity contribution in [3.05, 3.63) is 125 Å². The van der Waals surface area contributed by atoms with Gasteiger partial charge in [-0.15, -0.1) is 0 Å². The number of carboxylic acids is 1. The molecule has 0 aliphatic rings. The van der Waals surface area contributed by atoms with Crippen molar-refractivity contribution in [3.63, 3.8) is 0 Å². The van der Waals surface area contributed by atoms with Gasteiger partial charge in [-0.25, -0.2) is 4.79 Å². The number of aryl methyl sites for hydroxylation is 2. The van der Waals surface area contributed by atoms with E-state index >= 15 is 0 Å². The van der Waals surface area contributed by atoms with Gasteiger partial charge < -0.3 is 10.3 Å². The molecule has 0 bridgehead atoms. The van der Waals surface area contributed by atoms with E-state index in [1.54, 1.807) is 18.3 Å². The molecular formula is C29H26N2O3. The maximum absolute atomic E-state index is 11.1. The second-order valence-electron chi connectivity index (χ2n) is 8.35. The van der Waals surface area contributed by atoms with Crippen LogP contribution in [0.25, 0.3) is 11.1 Å². The van der Waals surface area contributed by atoms with E-state index in [0.29, 0.717) is 12.1 Å². The molecule has 4 aromatic rings. The van der Waals surface area contributed by atoms with Crippen LogP contribution < -0.4 is 0 Å². The first kappa shape index (κ1) is 22.9. The second-order valence-corrected chi connectivity index (χ2v) is 8.35. The Bertz CT molecular complexity index is 1330. The monoisotopic (exact) mass is 450 g/mol. The molecule has 0 amide bonds. The van der Waals surface area contributed by atoms with Crippen molar-refractivity contribution in [2.45, 2.75) is 26.2 Å². The number of hydrogen-bond acceptors (Lipinski definition) is 4. The fraction of sp³-hybridized carbons (Fsp3) is 0.138. The standard InChI is InChI=1S/C29H26N2O3/c1-19-5-3-4-6-26(19)27(18-28(31-34)25-15-16-30-20(2)17-25)23-11-7-21(8-12-23)22-9-13-24(14-10-22)29(32)33/h3-17,27,34H,18H2,1-2H3,(H,32,33)/b31-28+/t27-/m1/s1. The Labute approximate surface area is 199 Å². The highest BCUT2D eigenvalue weighted by Gasteiger charge is 2.20. The van der Waals surface area contributed by atoms with Gasteiger partial charge in [-0.1, -0.05) is 65.8 Å². The number of nitrogens with zero attached hydrogens (tertiary/aromatic N) is 2. The summed E-state index contributed by atoms with van der Waals surface area (Å²) in [4.78, 5) is 15.4. The summed E-state index contributed by atoms with van der Waals surface area (Å²) in [5.41, 5.74) is 7.99. The van der Waals surface area contributed by atoms with Crippen molar-refractivity contribution in [3.8, 4) is 11.1 Å². The minimum absolute atomic E-state index is 0.0102. The third kappa shape index (κ3) is 5.04. The summed E-state index contributed by atoms with van der Waals surface area (Å²) < 4.78 is 0. The molecule has 3 aromatic carbocycles. The van der Waals surface area contributed by atoms with Gasteiger partial charge in [-0.05, 0) is 65.9 Å². The SMILES string of the molecule is Cc1cc(/C(C[C@H](c2ccc(-c3ccc(C(=O)O)cc3)cc2)c2ccccc2C)=N/O)ccn1. The number of hydrogen-bond donors (Lipinski definition) is 2. The lowest BCUT2D eigenvalue weighted by atomic mass is 9.83. The van der Waals surface area contributed by atoms with Crippen molar-refractivity contribution in [2.75, 3.05) is 0 Å². The third-order valence-electron chi connectivity index (χ3n) is 6.09. The van der Waals surface area contributed by atoms with Gasteiger partial charge in [0.25, 0.3) is 0 Å².